The molecule has 7 nitrogen and oxygen atoms in total. The maximum atomic E-state index is 12.2. The second kappa shape index (κ2) is 9.45. The molecule has 146 valence electrons. The van der Waals surface area contributed by atoms with Gasteiger partial charge < -0.3 is 10.1 Å². The van der Waals surface area contributed by atoms with Gasteiger partial charge in [0.05, 0.1) is 31.6 Å². The van der Waals surface area contributed by atoms with Crippen LogP contribution in [0, 0.1) is 0 Å². The molecule has 1 saturated heterocycles. The number of sulfonamides is 1. The standard InChI is InChI=1S/C18H29N3O4S/c1-4-16(19-18(22)14-20(2)26(3,23)24)17-13-21(10-11-25-17)12-15-8-6-5-7-9-15/h5-9,16-17H,4,10-14H2,1-3H3,(H,19,22)/t16-,17+/m0/s1. The van der Waals surface area contributed by atoms with Gasteiger partial charge in [-0.15, -0.1) is 0 Å². The van der Waals surface area contributed by atoms with E-state index in [9.17, 15) is 13.2 Å². The van der Waals surface area contributed by atoms with Gasteiger partial charge in [0, 0.05) is 26.7 Å². The molecule has 0 aliphatic carbocycles. The van der Waals surface area contributed by atoms with E-state index >= 15 is 0 Å². The Balaban J connectivity index is 1.90. The third-order valence-electron chi connectivity index (χ3n) is 4.59. The van der Waals surface area contributed by atoms with Crippen molar-refractivity contribution in [2.75, 3.05) is 39.5 Å². The molecule has 1 aromatic carbocycles. The number of amides is 1. The Morgan fingerprint density at radius 1 is 1.38 bits per heavy atom. The van der Waals surface area contributed by atoms with Crippen LogP contribution in [0.15, 0.2) is 30.3 Å². The summed E-state index contributed by atoms with van der Waals surface area (Å²) in [7, 11) is -1.98. The number of ether oxygens (including phenoxy) is 1. The Morgan fingerprint density at radius 3 is 2.69 bits per heavy atom. The zero-order valence-electron chi connectivity index (χ0n) is 15.7. The summed E-state index contributed by atoms with van der Waals surface area (Å²) >= 11 is 0. The fraction of sp³-hybridized carbons (Fsp3) is 0.611. The summed E-state index contributed by atoms with van der Waals surface area (Å²) in [5, 5.41) is 2.93. The predicted molar refractivity (Wildman–Crippen MR) is 101 cm³/mol. The first kappa shape index (κ1) is 20.8. The fourth-order valence-electron chi connectivity index (χ4n) is 2.99. The second-order valence-electron chi connectivity index (χ2n) is 6.73. The molecule has 1 N–H and O–H groups in total. The molecule has 26 heavy (non-hydrogen) atoms. The number of rotatable bonds is 8. The first-order valence-electron chi connectivity index (χ1n) is 8.88. The topological polar surface area (TPSA) is 79.0 Å². The number of benzene rings is 1. The van der Waals surface area contributed by atoms with E-state index in [2.05, 4.69) is 22.3 Å². The molecule has 1 aromatic rings. The fourth-order valence-corrected chi connectivity index (χ4v) is 3.34. The van der Waals surface area contributed by atoms with E-state index in [0.717, 1.165) is 36.6 Å². The van der Waals surface area contributed by atoms with Gasteiger partial charge in [-0.1, -0.05) is 37.3 Å². The number of carbonyl (C=O) groups excluding carboxylic acids is 1. The molecule has 1 heterocycles. The Kier molecular flexibility index (Phi) is 7.57. The van der Waals surface area contributed by atoms with Gasteiger partial charge >= 0.3 is 0 Å². The molecule has 0 unspecified atom stereocenters. The van der Waals surface area contributed by atoms with E-state index in [1.807, 2.05) is 25.1 Å². The van der Waals surface area contributed by atoms with E-state index < -0.39 is 10.0 Å². The minimum atomic E-state index is -3.38. The van der Waals surface area contributed by atoms with Crippen molar-refractivity contribution in [2.24, 2.45) is 0 Å². The molecule has 8 heteroatoms. The highest BCUT2D eigenvalue weighted by Gasteiger charge is 2.29. The van der Waals surface area contributed by atoms with Crippen molar-refractivity contribution in [2.45, 2.75) is 32.0 Å². The number of nitrogens with zero attached hydrogens (tertiary/aromatic N) is 2. The third-order valence-corrected chi connectivity index (χ3v) is 5.86. The second-order valence-corrected chi connectivity index (χ2v) is 8.82. The van der Waals surface area contributed by atoms with Gasteiger partial charge in [-0.25, -0.2) is 8.42 Å². The molecule has 2 rings (SSSR count). The number of hydrogen-bond donors (Lipinski definition) is 1. The summed E-state index contributed by atoms with van der Waals surface area (Å²) in [4.78, 5) is 14.5. The van der Waals surface area contributed by atoms with Gasteiger partial charge in [0.25, 0.3) is 0 Å². The molecule has 1 amide bonds. The van der Waals surface area contributed by atoms with Crippen molar-refractivity contribution in [3.63, 3.8) is 0 Å². The van der Waals surface area contributed by atoms with Crippen molar-refractivity contribution in [3.05, 3.63) is 35.9 Å². The smallest absolute Gasteiger partial charge is 0.235 e. The SMILES string of the molecule is CC[C@H](NC(=O)CN(C)S(C)(=O)=O)[C@H]1CN(Cc2ccccc2)CCO1. The van der Waals surface area contributed by atoms with Gasteiger partial charge in [-0.2, -0.15) is 4.31 Å². The molecular weight excluding hydrogens is 354 g/mol. The highest BCUT2D eigenvalue weighted by Crippen LogP contribution is 2.14. The molecule has 1 aliphatic rings. The Labute approximate surface area is 156 Å². The number of hydrogen-bond acceptors (Lipinski definition) is 5. The summed E-state index contributed by atoms with van der Waals surface area (Å²) < 4.78 is 29.8. The van der Waals surface area contributed by atoms with Crippen LogP contribution in [-0.4, -0.2) is 75.2 Å². The summed E-state index contributed by atoms with van der Waals surface area (Å²) in [6, 6.07) is 10.1. The van der Waals surface area contributed by atoms with E-state index in [1.54, 1.807) is 0 Å². The maximum Gasteiger partial charge on any atom is 0.235 e. The minimum absolute atomic E-state index is 0.107. The Bertz CT molecular complexity index is 681. The molecule has 1 fully saturated rings. The van der Waals surface area contributed by atoms with Gasteiger partial charge in [-0.05, 0) is 12.0 Å². The van der Waals surface area contributed by atoms with Crippen LogP contribution in [0.2, 0.25) is 0 Å². The van der Waals surface area contributed by atoms with Crippen LogP contribution in [0.4, 0.5) is 0 Å². The summed E-state index contributed by atoms with van der Waals surface area (Å²) in [6.45, 7) is 4.86. The van der Waals surface area contributed by atoms with Crippen LogP contribution in [0.1, 0.15) is 18.9 Å². The zero-order valence-corrected chi connectivity index (χ0v) is 16.5. The molecular formula is C18H29N3O4S. The van der Waals surface area contributed by atoms with Crippen LogP contribution in [0.25, 0.3) is 0 Å². The van der Waals surface area contributed by atoms with Crippen molar-refractivity contribution >= 4 is 15.9 Å². The van der Waals surface area contributed by atoms with Crippen LogP contribution in [-0.2, 0) is 26.1 Å². The lowest BCUT2D eigenvalue weighted by molar-refractivity contribution is -0.124. The minimum Gasteiger partial charge on any atom is -0.373 e. The summed E-state index contributed by atoms with van der Waals surface area (Å²) in [6.07, 6.45) is 1.70. The lowest BCUT2D eigenvalue weighted by Gasteiger charge is -2.37. The quantitative estimate of drug-likeness (QED) is 0.714. The average molecular weight is 384 g/mol. The van der Waals surface area contributed by atoms with Crippen molar-refractivity contribution < 1.29 is 17.9 Å². The maximum absolute atomic E-state index is 12.2. The molecule has 1 aliphatic heterocycles. The van der Waals surface area contributed by atoms with Crippen molar-refractivity contribution in [1.29, 1.82) is 0 Å². The lowest BCUT2D eigenvalue weighted by atomic mass is 10.1. The first-order chi connectivity index (χ1) is 12.3. The normalized spacial score (nSPS) is 20.1. The zero-order chi connectivity index (χ0) is 19.2. The highest BCUT2D eigenvalue weighted by molar-refractivity contribution is 7.88. The van der Waals surface area contributed by atoms with Gasteiger partial charge in [0.1, 0.15) is 0 Å². The van der Waals surface area contributed by atoms with Crippen LogP contribution in [0.5, 0.6) is 0 Å². The van der Waals surface area contributed by atoms with Crippen LogP contribution >= 0.6 is 0 Å². The Hall–Kier alpha value is -1.48. The molecule has 0 saturated carbocycles. The van der Waals surface area contributed by atoms with Gasteiger partial charge in [-0.3, -0.25) is 9.69 Å². The Morgan fingerprint density at radius 2 is 2.08 bits per heavy atom. The highest BCUT2D eigenvalue weighted by atomic mass is 32.2. The molecule has 0 bridgehead atoms. The van der Waals surface area contributed by atoms with E-state index in [4.69, 9.17) is 4.74 Å². The molecule has 0 radical (unpaired) electrons. The number of carbonyl (C=O) groups is 1. The van der Waals surface area contributed by atoms with Crippen molar-refractivity contribution in [1.82, 2.24) is 14.5 Å². The number of morpholine rings is 1. The molecule has 2 atom stereocenters. The number of nitrogens with one attached hydrogen (secondary N) is 1. The average Bonchev–Trinajstić information content (AvgIpc) is 2.60. The third kappa shape index (κ3) is 6.35. The van der Waals surface area contributed by atoms with E-state index in [1.165, 1.54) is 12.6 Å². The first-order valence-corrected chi connectivity index (χ1v) is 10.7. The predicted octanol–water partition coefficient (Wildman–Crippen LogP) is 0.674. The summed E-state index contributed by atoms with van der Waals surface area (Å²) in [5.74, 6) is -0.312. The van der Waals surface area contributed by atoms with Crippen molar-refractivity contribution in [3.8, 4) is 0 Å². The van der Waals surface area contributed by atoms with E-state index in [0.29, 0.717) is 6.61 Å². The van der Waals surface area contributed by atoms with Gasteiger partial charge in [0.15, 0.2) is 0 Å². The number of likely N-dealkylation sites (N-methyl/N-ethyl adjacent to an activating group) is 1. The molecule has 0 aromatic heterocycles. The van der Waals surface area contributed by atoms with Crippen LogP contribution in [0.3, 0.4) is 0 Å². The van der Waals surface area contributed by atoms with Gasteiger partial charge in [0.2, 0.25) is 15.9 Å². The molecule has 0 spiro atoms. The largest absolute Gasteiger partial charge is 0.373 e. The van der Waals surface area contributed by atoms with E-state index in [-0.39, 0.29) is 24.6 Å². The lowest BCUT2D eigenvalue weighted by Crippen LogP contribution is -2.54. The monoisotopic (exact) mass is 383 g/mol. The van der Waals surface area contributed by atoms with Crippen LogP contribution < -0.4 is 5.32 Å². The summed E-state index contributed by atoms with van der Waals surface area (Å²) in [5.41, 5.74) is 1.25.